The largest absolute Gasteiger partial charge is 0.444 e. The molecular weight excluding hydrogens is 260 g/mol. The standard InChI is InChI=1S/C13H22N4O3/c1-9-15-16-11(19-9)17-7-5-10(6-8-17)14-12(18)20-13(2,3)4/h10H,5-8H2,1-4H3,(H,14,18). The van der Waals surface area contributed by atoms with Gasteiger partial charge in [0.2, 0.25) is 5.89 Å². The molecule has 0 spiro atoms. The van der Waals surface area contributed by atoms with Gasteiger partial charge >= 0.3 is 12.1 Å². The highest BCUT2D eigenvalue weighted by molar-refractivity contribution is 5.68. The van der Waals surface area contributed by atoms with Crippen molar-refractivity contribution in [3.05, 3.63) is 5.89 Å². The zero-order valence-electron chi connectivity index (χ0n) is 12.5. The van der Waals surface area contributed by atoms with Gasteiger partial charge in [0.15, 0.2) is 0 Å². The predicted molar refractivity (Wildman–Crippen MR) is 73.6 cm³/mol. The second-order valence-corrected chi connectivity index (χ2v) is 6.01. The van der Waals surface area contributed by atoms with E-state index in [4.69, 9.17) is 9.15 Å². The predicted octanol–water partition coefficient (Wildman–Crippen LogP) is 1.87. The fraction of sp³-hybridized carbons (Fsp3) is 0.769. The molecule has 7 heteroatoms. The highest BCUT2D eigenvalue weighted by Gasteiger charge is 2.25. The van der Waals surface area contributed by atoms with Gasteiger partial charge in [0.25, 0.3) is 0 Å². The summed E-state index contributed by atoms with van der Waals surface area (Å²) in [5.41, 5.74) is -0.466. The maximum Gasteiger partial charge on any atom is 0.407 e. The van der Waals surface area contributed by atoms with E-state index in [-0.39, 0.29) is 12.1 Å². The number of anilines is 1. The fourth-order valence-electron chi connectivity index (χ4n) is 2.10. The highest BCUT2D eigenvalue weighted by Crippen LogP contribution is 2.18. The molecule has 0 atom stereocenters. The molecule has 20 heavy (non-hydrogen) atoms. The minimum Gasteiger partial charge on any atom is -0.444 e. The van der Waals surface area contributed by atoms with E-state index >= 15 is 0 Å². The Morgan fingerprint density at radius 2 is 2.00 bits per heavy atom. The zero-order chi connectivity index (χ0) is 14.8. The van der Waals surface area contributed by atoms with Crippen LogP contribution in [-0.4, -0.2) is 41.0 Å². The van der Waals surface area contributed by atoms with Crippen LogP contribution >= 0.6 is 0 Å². The van der Waals surface area contributed by atoms with Crippen molar-refractivity contribution in [2.75, 3.05) is 18.0 Å². The van der Waals surface area contributed by atoms with Gasteiger partial charge in [0.05, 0.1) is 0 Å². The molecule has 1 aliphatic rings. The third kappa shape index (κ3) is 4.11. The molecule has 2 heterocycles. The second kappa shape index (κ2) is 5.68. The van der Waals surface area contributed by atoms with E-state index in [1.807, 2.05) is 25.7 Å². The Hall–Kier alpha value is -1.79. The van der Waals surface area contributed by atoms with Gasteiger partial charge in [-0.3, -0.25) is 0 Å². The Bertz CT molecular complexity index is 458. The summed E-state index contributed by atoms with van der Waals surface area (Å²) in [6, 6.07) is 0.684. The van der Waals surface area contributed by atoms with Crippen LogP contribution < -0.4 is 10.2 Å². The van der Waals surface area contributed by atoms with E-state index in [0.717, 1.165) is 25.9 Å². The van der Waals surface area contributed by atoms with Crippen LogP contribution in [0.3, 0.4) is 0 Å². The molecule has 112 valence electrons. The first-order valence-corrected chi connectivity index (χ1v) is 6.88. The molecule has 0 saturated carbocycles. The number of carbonyl (C=O) groups is 1. The van der Waals surface area contributed by atoms with Crippen molar-refractivity contribution >= 4 is 12.1 Å². The zero-order valence-corrected chi connectivity index (χ0v) is 12.5. The molecule has 1 aromatic rings. The first-order chi connectivity index (χ1) is 9.33. The molecule has 0 aromatic carbocycles. The summed E-state index contributed by atoms with van der Waals surface area (Å²) in [6.45, 7) is 8.89. The lowest BCUT2D eigenvalue weighted by atomic mass is 10.1. The van der Waals surface area contributed by atoms with Crippen LogP contribution in [0.25, 0.3) is 0 Å². The average molecular weight is 282 g/mol. The lowest BCUT2D eigenvalue weighted by molar-refractivity contribution is 0.0497. The minimum atomic E-state index is -0.466. The van der Waals surface area contributed by atoms with Gasteiger partial charge in [0.1, 0.15) is 5.60 Å². The van der Waals surface area contributed by atoms with Gasteiger partial charge in [-0.1, -0.05) is 5.10 Å². The Morgan fingerprint density at radius 3 is 2.50 bits per heavy atom. The molecule has 0 aliphatic carbocycles. The van der Waals surface area contributed by atoms with Crippen LogP contribution in [0.1, 0.15) is 39.5 Å². The Kier molecular flexibility index (Phi) is 4.15. The lowest BCUT2D eigenvalue weighted by Gasteiger charge is -2.31. The maximum absolute atomic E-state index is 11.7. The first-order valence-electron chi connectivity index (χ1n) is 6.88. The van der Waals surface area contributed by atoms with E-state index in [2.05, 4.69) is 15.5 Å². The van der Waals surface area contributed by atoms with Crippen molar-refractivity contribution in [3.8, 4) is 0 Å². The van der Waals surface area contributed by atoms with Crippen LogP contribution in [-0.2, 0) is 4.74 Å². The lowest BCUT2D eigenvalue weighted by Crippen LogP contribution is -2.46. The highest BCUT2D eigenvalue weighted by atomic mass is 16.6. The summed E-state index contributed by atoms with van der Waals surface area (Å²) in [5.74, 6) is 0.564. The Balaban J connectivity index is 1.78. The second-order valence-electron chi connectivity index (χ2n) is 6.01. The van der Waals surface area contributed by atoms with Crippen LogP contribution in [0.4, 0.5) is 10.8 Å². The Labute approximate surface area is 118 Å². The van der Waals surface area contributed by atoms with Crippen molar-refractivity contribution in [1.29, 1.82) is 0 Å². The maximum atomic E-state index is 11.7. The number of ether oxygens (including phenoxy) is 1. The number of aromatic nitrogens is 2. The molecule has 0 bridgehead atoms. The van der Waals surface area contributed by atoms with Gasteiger partial charge < -0.3 is 19.4 Å². The topological polar surface area (TPSA) is 80.5 Å². The smallest absolute Gasteiger partial charge is 0.407 e. The summed E-state index contributed by atoms with van der Waals surface area (Å²) >= 11 is 0. The van der Waals surface area contributed by atoms with Crippen molar-refractivity contribution in [2.24, 2.45) is 0 Å². The number of aryl methyl sites for hydroxylation is 1. The summed E-state index contributed by atoms with van der Waals surface area (Å²) in [7, 11) is 0. The van der Waals surface area contributed by atoms with Crippen molar-refractivity contribution < 1.29 is 13.9 Å². The first kappa shape index (κ1) is 14.6. The average Bonchev–Trinajstić information content (AvgIpc) is 2.74. The summed E-state index contributed by atoms with van der Waals surface area (Å²) in [5, 5.41) is 10.7. The number of hydrogen-bond donors (Lipinski definition) is 1. The van der Waals surface area contributed by atoms with Gasteiger partial charge in [-0.15, -0.1) is 5.10 Å². The molecule has 7 nitrogen and oxygen atoms in total. The normalized spacial score (nSPS) is 17.1. The van der Waals surface area contributed by atoms with Gasteiger partial charge in [0, 0.05) is 26.1 Å². The molecule has 0 unspecified atom stereocenters. The van der Waals surface area contributed by atoms with E-state index in [1.54, 1.807) is 6.92 Å². The van der Waals surface area contributed by atoms with Crippen LogP contribution in [0.5, 0.6) is 0 Å². The molecule has 1 amide bonds. The molecule has 2 rings (SSSR count). The van der Waals surface area contributed by atoms with Crippen LogP contribution in [0.15, 0.2) is 4.42 Å². The molecule has 1 aliphatic heterocycles. The van der Waals surface area contributed by atoms with Gasteiger partial charge in [-0.2, -0.15) is 0 Å². The monoisotopic (exact) mass is 282 g/mol. The third-order valence-corrected chi connectivity index (χ3v) is 3.00. The van der Waals surface area contributed by atoms with Crippen molar-refractivity contribution in [2.45, 2.75) is 52.2 Å². The van der Waals surface area contributed by atoms with Crippen LogP contribution in [0, 0.1) is 6.92 Å². The van der Waals surface area contributed by atoms with E-state index in [0.29, 0.717) is 11.9 Å². The van der Waals surface area contributed by atoms with Crippen molar-refractivity contribution in [3.63, 3.8) is 0 Å². The fourth-order valence-corrected chi connectivity index (χ4v) is 2.10. The van der Waals surface area contributed by atoms with E-state index < -0.39 is 5.60 Å². The van der Waals surface area contributed by atoms with Gasteiger partial charge in [-0.05, 0) is 33.6 Å². The third-order valence-electron chi connectivity index (χ3n) is 3.00. The molecule has 1 N–H and O–H groups in total. The summed E-state index contributed by atoms with van der Waals surface area (Å²) in [4.78, 5) is 13.7. The quantitative estimate of drug-likeness (QED) is 0.892. The number of nitrogens with zero attached hydrogens (tertiary/aromatic N) is 3. The molecule has 1 saturated heterocycles. The van der Waals surface area contributed by atoms with E-state index in [9.17, 15) is 4.79 Å². The summed E-state index contributed by atoms with van der Waals surface area (Å²) in [6.07, 6.45) is 1.31. The molecule has 0 radical (unpaired) electrons. The summed E-state index contributed by atoms with van der Waals surface area (Å²) < 4.78 is 10.6. The number of alkyl carbamates (subject to hydrolysis) is 1. The number of amides is 1. The molecule has 1 fully saturated rings. The number of piperidine rings is 1. The van der Waals surface area contributed by atoms with Crippen LogP contribution in [0.2, 0.25) is 0 Å². The minimum absolute atomic E-state index is 0.130. The van der Waals surface area contributed by atoms with Gasteiger partial charge in [-0.25, -0.2) is 4.79 Å². The molecule has 1 aromatic heterocycles. The molecular formula is C13H22N4O3. The number of carbonyl (C=O) groups excluding carboxylic acids is 1. The number of rotatable bonds is 2. The SMILES string of the molecule is Cc1nnc(N2CCC(NC(=O)OC(C)(C)C)CC2)o1. The Morgan fingerprint density at radius 1 is 1.35 bits per heavy atom. The van der Waals surface area contributed by atoms with Crippen molar-refractivity contribution in [1.82, 2.24) is 15.5 Å². The number of hydrogen-bond acceptors (Lipinski definition) is 6. The van der Waals surface area contributed by atoms with E-state index in [1.165, 1.54) is 0 Å². The number of nitrogens with one attached hydrogen (secondary N) is 1.